The van der Waals surface area contributed by atoms with Crippen LogP contribution in [-0.4, -0.2) is 34.2 Å². The van der Waals surface area contributed by atoms with Crippen molar-refractivity contribution in [3.63, 3.8) is 0 Å². The smallest absolute Gasteiger partial charge is 0.119 e. The lowest BCUT2D eigenvalue weighted by Crippen LogP contribution is -2.43. The van der Waals surface area contributed by atoms with Crippen LogP contribution in [0.4, 0.5) is 0 Å². The maximum atomic E-state index is 10.1. The Bertz CT molecular complexity index is 713. The Balaban J connectivity index is 1.74. The van der Waals surface area contributed by atoms with Crippen LogP contribution in [0.25, 0.3) is 0 Å². The second kappa shape index (κ2) is 7.92. The highest BCUT2D eigenvalue weighted by Gasteiger charge is 2.31. The Morgan fingerprint density at radius 1 is 1.08 bits per heavy atom. The molecule has 2 atom stereocenters. The molecule has 0 spiro atoms. The van der Waals surface area contributed by atoms with Crippen LogP contribution in [0.2, 0.25) is 0 Å². The minimum Gasteiger partial charge on any atom is -0.508 e. The average molecular weight is 339 g/mol. The molecule has 2 N–H and O–H groups in total. The summed E-state index contributed by atoms with van der Waals surface area (Å²) < 4.78 is 0. The Hall–Kier alpha value is -2.00. The van der Waals surface area contributed by atoms with Gasteiger partial charge in [0.1, 0.15) is 11.5 Å². The van der Waals surface area contributed by atoms with E-state index in [1.54, 1.807) is 12.1 Å². The number of nitrogens with zero attached hydrogens (tertiary/aromatic N) is 1. The summed E-state index contributed by atoms with van der Waals surface area (Å²) in [6.07, 6.45) is 4.12. The largest absolute Gasteiger partial charge is 0.508 e. The van der Waals surface area contributed by atoms with Crippen molar-refractivity contribution in [1.82, 2.24) is 4.90 Å². The van der Waals surface area contributed by atoms with Gasteiger partial charge in [0.05, 0.1) is 0 Å². The summed E-state index contributed by atoms with van der Waals surface area (Å²) in [5, 5.41) is 19.8. The summed E-state index contributed by atoms with van der Waals surface area (Å²) in [6.45, 7) is 6.61. The molecular formula is C22H29NO2. The van der Waals surface area contributed by atoms with Crippen molar-refractivity contribution in [2.45, 2.75) is 51.5 Å². The monoisotopic (exact) mass is 339 g/mol. The zero-order valence-electron chi connectivity index (χ0n) is 15.3. The number of hydrogen-bond donors (Lipinski definition) is 2. The van der Waals surface area contributed by atoms with E-state index in [-0.39, 0.29) is 0 Å². The topological polar surface area (TPSA) is 43.7 Å². The maximum Gasteiger partial charge on any atom is 0.119 e. The van der Waals surface area contributed by atoms with E-state index in [0.29, 0.717) is 23.5 Å². The predicted molar refractivity (Wildman–Crippen MR) is 102 cm³/mol. The Labute approximate surface area is 150 Å². The Morgan fingerprint density at radius 2 is 1.88 bits per heavy atom. The third-order valence-electron chi connectivity index (χ3n) is 5.52. The van der Waals surface area contributed by atoms with E-state index in [2.05, 4.69) is 30.9 Å². The van der Waals surface area contributed by atoms with Crippen molar-refractivity contribution < 1.29 is 10.2 Å². The van der Waals surface area contributed by atoms with Crippen LogP contribution in [0.3, 0.4) is 0 Å². The first kappa shape index (κ1) is 17.8. The van der Waals surface area contributed by atoms with Crippen molar-refractivity contribution in [2.75, 3.05) is 13.1 Å². The molecular weight excluding hydrogens is 310 g/mol. The van der Waals surface area contributed by atoms with Gasteiger partial charge in [0.2, 0.25) is 0 Å². The van der Waals surface area contributed by atoms with Gasteiger partial charge in [0.15, 0.2) is 0 Å². The Morgan fingerprint density at radius 3 is 2.64 bits per heavy atom. The first-order valence-corrected chi connectivity index (χ1v) is 9.43. The van der Waals surface area contributed by atoms with Gasteiger partial charge < -0.3 is 10.2 Å². The molecule has 0 radical (unpaired) electrons. The highest BCUT2D eigenvalue weighted by atomic mass is 16.3. The molecule has 0 saturated carbocycles. The SMILES string of the molecule is CCCN(CCc1cccc(O)c1)[C@H]1CCc2c(O)cccc2[C@H]1C. The van der Waals surface area contributed by atoms with Gasteiger partial charge in [-0.15, -0.1) is 0 Å². The van der Waals surface area contributed by atoms with Crippen molar-refractivity contribution in [2.24, 2.45) is 0 Å². The van der Waals surface area contributed by atoms with Gasteiger partial charge in [0, 0.05) is 12.6 Å². The van der Waals surface area contributed by atoms with Crippen LogP contribution in [-0.2, 0) is 12.8 Å². The second-order valence-corrected chi connectivity index (χ2v) is 7.20. The predicted octanol–water partition coefficient (Wildman–Crippen LogP) is 4.47. The lowest BCUT2D eigenvalue weighted by molar-refractivity contribution is 0.160. The first-order chi connectivity index (χ1) is 12.1. The van der Waals surface area contributed by atoms with Gasteiger partial charge in [-0.25, -0.2) is 0 Å². The van der Waals surface area contributed by atoms with E-state index < -0.39 is 0 Å². The number of phenols is 2. The van der Waals surface area contributed by atoms with E-state index in [4.69, 9.17) is 0 Å². The fourth-order valence-electron chi connectivity index (χ4n) is 4.25. The van der Waals surface area contributed by atoms with Crippen LogP contribution in [0, 0.1) is 0 Å². The van der Waals surface area contributed by atoms with Gasteiger partial charge in [-0.3, -0.25) is 4.90 Å². The van der Waals surface area contributed by atoms with E-state index >= 15 is 0 Å². The molecule has 0 fully saturated rings. The zero-order valence-corrected chi connectivity index (χ0v) is 15.3. The molecule has 0 heterocycles. The number of aromatic hydroxyl groups is 2. The van der Waals surface area contributed by atoms with Gasteiger partial charge in [-0.2, -0.15) is 0 Å². The molecule has 2 aromatic carbocycles. The molecule has 0 saturated heterocycles. The molecule has 1 aliphatic rings. The van der Waals surface area contributed by atoms with Crippen LogP contribution in [0.15, 0.2) is 42.5 Å². The van der Waals surface area contributed by atoms with Gasteiger partial charge in [0.25, 0.3) is 0 Å². The molecule has 0 aromatic heterocycles. The highest BCUT2D eigenvalue weighted by Crippen LogP contribution is 2.38. The van der Waals surface area contributed by atoms with E-state index in [0.717, 1.165) is 44.3 Å². The minimum absolute atomic E-state index is 0.343. The summed E-state index contributed by atoms with van der Waals surface area (Å²) in [6, 6.07) is 14.0. The minimum atomic E-state index is 0.343. The number of phenolic OH excluding ortho intramolecular Hbond substituents is 2. The van der Waals surface area contributed by atoms with Crippen LogP contribution >= 0.6 is 0 Å². The summed E-state index contributed by atoms with van der Waals surface area (Å²) in [4.78, 5) is 2.60. The van der Waals surface area contributed by atoms with Crippen LogP contribution in [0.5, 0.6) is 11.5 Å². The quantitative estimate of drug-likeness (QED) is 0.816. The first-order valence-electron chi connectivity index (χ1n) is 9.43. The van der Waals surface area contributed by atoms with Crippen LogP contribution < -0.4 is 0 Å². The van der Waals surface area contributed by atoms with Crippen molar-refractivity contribution >= 4 is 0 Å². The summed E-state index contributed by atoms with van der Waals surface area (Å²) in [7, 11) is 0. The molecule has 25 heavy (non-hydrogen) atoms. The molecule has 0 unspecified atom stereocenters. The lowest BCUT2D eigenvalue weighted by atomic mass is 9.79. The van der Waals surface area contributed by atoms with Gasteiger partial charge in [-0.05, 0) is 73.0 Å². The van der Waals surface area contributed by atoms with Crippen molar-refractivity contribution in [1.29, 1.82) is 0 Å². The summed E-state index contributed by atoms with van der Waals surface area (Å²) >= 11 is 0. The second-order valence-electron chi connectivity index (χ2n) is 7.20. The maximum absolute atomic E-state index is 10.1. The summed E-state index contributed by atoms with van der Waals surface area (Å²) in [5.41, 5.74) is 3.62. The molecule has 3 nitrogen and oxygen atoms in total. The highest BCUT2D eigenvalue weighted by molar-refractivity contribution is 5.43. The van der Waals surface area contributed by atoms with E-state index in [9.17, 15) is 10.2 Å². The molecule has 3 heteroatoms. The van der Waals surface area contributed by atoms with E-state index in [1.165, 1.54) is 11.1 Å². The molecule has 0 bridgehead atoms. The van der Waals surface area contributed by atoms with E-state index in [1.807, 2.05) is 18.2 Å². The fraction of sp³-hybridized carbons (Fsp3) is 0.455. The zero-order chi connectivity index (χ0) is 17.8. The summed E-state index contributed by atoms with van der Waals surface area (Å²) in [5.74, 6) is 1.21. The molecule has 0 amide bonds. The Kier molecular flexibility index (Phi) is 5.64. The molecule has 3 rings (SSSR count). The number of fused-ring (bicyclic) bond motifs is 1. The fourth-order valence-corrected chi connectivity index (χ4v) is 4.25. The lowest BCUT2D eigenvalue weighted by Gasteiger charge is -2.40. The van der Waals surface area contributed by atoms with Gasteiger partial charge in [-0.1, -0.05) is 38.1 Å². The molecule has 1 aliphatic carbocycles. The third kappa shape index (κ3) is 3.98. The molecule has 2 aromatic rings. The molecule has 0 aliphatic heterocycles. The number of hydrogen-bond acceptors (Lipinski definition) is 3. The molecule has 134 valence electrons. The van der Waals surface area contributed by atoms with Crippen molar-refractivity contribution in [3.05, 3.63) is 59.2 Å². The van der Waals surface area contributed by atoms with Crippen molar-refractivity contribution in [3.8, 4) is 11.5 Å². The number of rotatable bonds is 6. The average Bonchev–Trinajstić information content (AvgIpc) is 2.60. The third-order valence-corrected chi connectivity index (χ3v) is 5.52. The van der Waals surface area contributed by atoms with Gasteiger partial charge >= 0.3 is 0 Å². The standard InChI is InChI=1S/C22H29NO2/c1-3-13-23(14-12-17-6-4-7-18(24)15-17)21-11-10-20-19(16(21)2)8-5-9-22(20)25/h4-9,15-16,21,24-25H,3,10-14H2,1-2H3/t16-,21+/m1/s1. The van der Waals surface area contributed by atoms with Crippen LogP contribution in [0.1, 0.15) is 49.3 Å². The normalized spacial score (nSPS) is 19.8. The number of benzene rings is 2.